The van der Waals surface area contributed by atoms with Crippen LogP contribution in [0.2, 0.25) is 0 Å². The van der Waals surface area contributed by atoms with Crippen molar-refractivity contribution < 1.29 is 14.3 Å². The normalized spacial score (nSPS) is 16.8. The van der Waals surface area contributed by atoms with Crippen LogP contribution < -0.4 is 10.1 Å². The van der Waals surface area contributed by atoms with Crippen LogP contribution in [0, 0.1) is 5.41 Å². The predicted molar refractivity (Wildman–Crippen MR) is 68.9 cm³/mol. The zero-order chi connectivity index (χ0) is 13.0. The van der Waals surface area contributed by atoms with Crippen LogP contribution in [-0.2, 0) is 4.74 Å². The number of carbonyl (C=O) groups is 1. The van der Waals surface area contributed by atoms with E-state index < -0.39 is 0 Å². The summed E-state index contributed by atoms with van der Waals surface area (Å²) < 4.78 is 10.5. The van der Waals surface area contributed by atoms with Crippen LogP contribution in [-0.4, -0.2) is 32.3 Å². The van der Waals surface area contributed by atoms with Crippen LogP contribution in [0.1, 0.15) is 24.2 Å². The largest absolute Gasteiger partial charge is 0.494 e. The second-order valence-electron chi connectivity index (χ2n) is 4.95. The topological polar surface area (TPSA) is 47.6 Å². The van der Waals surface area contributed by atoms with Gasteiger partial charge in [0.05, 0.1) is 19.8 Å². The van der Waals surface area contributed by atoms with E-state index in [0.29, 0.717) is 31.9 Å². The van der Waals surface area contributed by atoms with Crippen molar-refractivity contribution in [1.82, 2.24) is 5.32 Å². The molecule has 1 aliphatic rings. The fourth-order valence-corrected chi connectivity index (χ4v) is 1.84. The Labute approximate surface area is 107 Å². The Bertz CT molecular complexity index is 427. The van der Waals surface area contributed by atoms with E-state index in [4.69, 9.17) is 9.47 Å². The Morgan fingerprint density at radius 3 is 2.89 bits per heavy atom. The van der Waals surface area contributed by atoms with Gasteiger partial charge in [-0.2, -0.15) is 0 Å². The third-order valence-electron chi connectivity index (χ3n) is 2.98. The average Bonchev–Trinajstić information content (AvgIpc) is 2.34. The lowest BCUT2D eigenvalue weighted by atomic mass is 9.88. The summed E-state index contributed by atoms with van der Waals surface area (Å²) in [5.41, 5.74) is 0.720. The molecule has 0 spiro atoms. The van der Waals surface area contributed by atoms with E-state index in [-0.39, 0.29) is 11.3 Å². The van der Waals surface area contributed by atoms with Crippen LogP contribution in [0.15, 0.2) is 24.3 Å². The molecule has 4 nitrogen and oxygen atoms in total. The molecular formula is C14H19NO3. The smallest absolute Gasteiger partial charge is 0.251 e. The summed E-state index contributed by atoms with van der Waals surface area (Å²) in [5, 5.41) is 2.94. The van der Waals surface area contributed by atoms with E-state index in [9.17, 15) is 4.79 Å². The van der Waals surface area contributed by atoms with Gasteiger partial charge < -0.3 is 14.8 Å². The molecule has 1 aliphatic heterocycles. The van der Waals surface area contributed by atoms with Crippen molar-refractivity contribution in [3.63, 3.8) is 0 Å². The van der Waals surface area contributed by atoms with Crippen molar-refractivity contribution in [3.8, 4) is 5.75 Å². The standard InChI is InChI=1S/C14H19NO3/c1-3-18-12-6-4-5-11(7-12)13(16)15-8-14(2)9-17-10-14/h4-7H,3,8-10H2,1-2H3,(H,15,16). The molecule has 4 heteroatoms. The summed E-state index contributed by atoms with van der Waals surface area (Å²) >= 11 is 0. The first-order valence-electron chi connectivity index (χ1n) is 6.22. The summed E-state index contributed by atoms with van der Waals surface area (Å²) in [7, 11) is 0. The molecule has 1 saturated heterocycles. The maximum absolute atomic E-state index is 12.0. The third-order valence-corrected chi connectivity index (χ3v) is 2.98. The van der Waals surface area contributed by atoms with E-state index >= 15 is 0 Å². The summed E-state index contributed by atoms with van der Waals surface area (Å²) in [5.74, 6) is 0.660. The molecule has 98 valence electrons. The molecule has 2 rings (SSSR count). The van der Waals surface area contributed by atoms with Crippen molar-refractivity contribution in [2.45, 2.75) is 13.8 Å². The molecule has 1 aromatic rings. The number of hydrogen-bond donors (Lipinski definition) is 1. The first-order chi connectivity index (χ1) is 8.63. The lowest BCUT2D eigenvalue weighted by Crippen LogP contribution is -2.48. The molecule has 0 unspecified atom stereocenters. The molecule has 1 amide bonds. The molecule has 0 aromatic heterocycles. The molecule has 1 heterocycles. The molecule has 0 atom stereocenters. The number of hydrogen-bond acceptors (Lipinski definition) is 3. The Morgan fingerprint density at radius 1 is 1.50 bits per heavy atom. The summed E-state index contributed by atoms with van der Waals surface area (Å²) in [6.45, 7) is 6.70. The number of ether oxygens (including phenoxy) is 2. The van der Waals surface area contributed by atoms with Crippen LogP contribution in [0.3, 0.4) is 0 Å². The van der Waals surface area contributed by atoms with Crippen molar-refractivity contribution in [3.05, 3.63) is 29.8 Å². The summed E-state index contributed by atoms with van der Waals surface area (Å²) in [6.07, 6.45) is 0. The molecule has 1 fully saturated rings. The monoisotopic (exact) mass is 249 g/mol. The number of carbonyl (C=O) groups excluding carboxylic acids is 1. The highest BCUT2D eigenvalue weighted by Crippen LogP contribution is 2.25. The highest BCUT2D eigenvalue weighted by Gasteiger charge is 2.33. The minimum absolute atomic E-state index is 0.0651. The second-order valence-corrected chi connectivity index (χ2v) is 4.95. The molecule has 0 saturated carbocycles. The van der Waals surface area contributed by atoms with Crippen LogP contribution in [0.4, 0.5) is 0 Å². The Hall–Kier alpha value is -1.55. The van der Waals surface area contributed by atoms with E-state index in [0.717, 1.165) is 5.75 Å². The molecule has 0 radical (unpaired) electrons. The van der Waals surface area contributed by atoms with Gasteiger partial charge in [0.2, 0.25) is 0 Å². The number of rotatable bonds is 5. The second kappa shape index (κ2) is 5.40. The van der Waals surface area contributed by atoms with Crippen molar-refractivity contribution in [2.24, 2.45) is 5.41 Å². The maximum Gasteiger partial charge on any atom is 0.251 e. The van der Waals surface area contributed by atoms with Crippen molar-refractivity contribution in [1.29, 1.82) is 0 Å². The van der Waals surface area contributed by atoms with Gasteiger partial charge in [-0.25, -0.2) is 0 Å². The Kier molecular flexibility index (Phi) is 3.87. The molecule has 1 N–H and O–H groups in total. The van der Waals surface area contributed by atoms with Gasteiger partial charge in [0.1, 0.15) is 5.75 Å². The SMILES string of the molecule is CCOc1cccc(C(=O)NCC2(C)COC2)c1. The molecule has 0 bridgehead atoms. The number of nitrogens with one attached hydrogen (secondary N) is 1. The molecular weight excluding hydrogens is 230 g/mol. The van der Waals surface area contributed by atoms with Gasteiger partial charge in [0.15, 0.2) is 0 Å². The van der Waals surface area contributed by atoms with Gasteiger partial charge >= 0.3 is 0 Å². The third kappa shape index (κ3) is 3.01. The average molecular weight is 249 g/mol. The van der Waals surface area contributed by atoms with Crippen LogP contribution in [0.25, 0.3) is 0 Å². The van der Waals surface area contributed by atoms with Gasteiger partial charge in [0, 0.05) is 17.5 Å². The Morgan fingerprint density at radius 2 is 2.28 bits per heavy atom. The zero-order valence-electron chi connectivity index (χ0n) is 10.9. The molecule has 0 aliphatic carbocycles. The lowest BCUT2D eigenvalue weighted by Gasteiger charge is -2.38. The summed E-state index contributed by atoms with van der Waals surface area (Å²) in [6, 6.07) is 7.23. The van der Waals surface area contributed by atoms with Gasteiger partial charge in [-0.3, -0.25) is 4.79 Å². The van der Waals surface area contributed by atoms with E-state index in [2.05, 4.69) is 12.2 Å². The molecule has 18 heavy (non-hydrogen) atoms. The van der Waals surface area contributed by atoms with Gasteiger partial charge in [-0.1, -0.05) is 13.0 Å². The van der Waals surface area contributed by atoms with E-state index in [1.54, 1.807) is 12.1 Å². The zero-order valence-corrected chi connectivity index (χ0v) is 10.9. The fourth-order valence-electron chi connectivity index (χ4n) is 1.84. The van der Waals surface area contributed by atoms with Crippen molar-refractivity contribution >= 4 is 5.91 Å². The van der Waals surface area contributed by atoms with Crippen LogP contribution >= 0.6 is 0 Å². The maximum atomic E-state index is 12.0. The highest BCUT2D eigenvalue weighted by atomic mass is 16.5. The fraction of sp³-hybridized carbons (Fsp3) is 0.500. The first kappa shape index (κ1) is 12.9. The van der Waals surface area contributed by atoms with Gasteiger partial charge in [-0.15, -0.1) is 0 Å². The number of benzene rings is 1. The minimum atomic E-state index is -0.0651. The van der Waals surface area contributed by atoms with Gasteiger partial charge in [-0.05, 0) is 25.1 Å². The predicted octanol–water partition coefficient (Wildman–Crippen LogP) is 1.85. The van der Waals surface area contributed by atoms with Crippen molar-refractivity contribution in [2.75, 3.05) is 26.4 Å². The summed E-state index contributed by atoms with van der Waals surface area (Å²) in [4.78, 5) is 12.0. The minimum Gasteiger partial charge on any atom is -0.494 e. The van der Waals surface area contributed by atoms with Crippen LogP contribution in [0.5, 0.6) is 5.75 Å². The Balaban J connectivity index is 1.93. The van der Waals surface area contributed by atoms with E-state index in [1.807, 2.05) is 19.1 Å². The molecule has 1 aromatic carbocycles. The van der Waals surface area contributed by atoms with E-state index in [1.165, 1.54) is 0 Å². The number of amides is 1. The quantitative estimate of drug-likeness (QED) is 0.866. The first-order valence-corrected chi connectivity index (χ1v) is 6.22. The van der Waals surface area contributed by atoms with Gasteiger partial charge in [0.25, 0.3) is 5.91 Å². The lowest BCUT2D eigenvalue weighted by molar-refractivity contribution is -0.0978. The highest BCUT2D eigenvalue weighted by molar-refractivity contribution is 5.94.